The maximum atomic E-state index is 12.5. The molecule has 0 unspecified atom stereocenters. The smallest absolute Gasteiger partial charge is 0.338 e. The fourth-order valence-electron chi connectivity index (χ4n) is 2.70. The maximum Gasteiger partial charge on any atom is 0.338 e. The van der Waals surface area contributed by atoms with Crippen LogP contribution in [0.15, 0.2) is 65.6 Å². The molecule has 0 bridgehead atoms. The third-order valence-corrected chi connectivity index (χ3v) is 5.07. The fourth-order valence-corrected chi connectivity index (χ4v) is 3.51. The Bertz CT molecular complexity index is 1080. The van der Waals surface area contributed by atoms with Gasteiger partial charge in [0.05, 0.1) is 17.1 Å². The van der Waals surface area contributed by atoms with Crippen molar-refractivity contribution in [2.75, 3.05) is 23.8 Å². The minimum Gasteiger partial charge on any atom is -0.462 e. The van der Waals surface area contributed by atoms with Gasteiger partial charge < -0.3 is 15.4 Å². The number of anilines is 2. The van der Waals surface area contributed by atoms with Crippen LogP contribution in [0.5, 0.6) is 0 Å². The van der Waals surface area contributed by atoms with Crippen molar-refractivity contribution in [3.8, 4) is 0 Å². The number of ether oxygens (including phenoxy) is 1. The molecule has 3 rings (SSSR count). The highest BCUT2D eigenvalue weighted by atomic mass is 32.2. The number of hydrogen-bond acceptors (Lipinski definition) is 7. The Morgan fingerprint density at radius 2 is 1.62 bits per heavy atom. The molecule has 1 heterocycles. The van der Waals surface area contributed by atoms with Gasteiger partial charge in [-0.1, -0.05) is 18.2 Å². The van der Waals surface area contributed by atoms with Crippen molar-refractivity contribution in [2.24, 2.45) is 0 Å². The van der Waals surface area contributed by atoms with Crippen LogP contribution in [0, 0.1) is 0 Å². The number of rotatable bonds is 7. The van der Waals surface area contributed by atoms with Crippen LogP contribution < -0.4 is 10.6 Å². The summed E-state index contributed by atoms with van der Waals surface area (Å²) < 4.78 is 4.89. The average molecular weight is 453 g/mol. The van der Waals surface area contributed by atoms with Gasteiger partial charge >= 0.3 is 5.97 Å². The zero-order chi connectivity index (χ0) is 23.1. The van der Waals surface area contributed by atoms with Crippen molar-refractivity contribution >= 4 is 52.1 Å². The summed E-state index contributed by atoms with van der Waals surface area (Å²) in [4.78, 5) is 61.4. The van der Waals surface area contributed by atoms with Crippen molar-refractivity contribution in [3.05, 3.63) is 71.1 Å². The third-order valence-electron chi connectivity index (χ3n) is 4.16. The minimum atomic E-state index is -0.726. The molecule has 1 aliphatic heterocycles. The lowest BCUT2D eigenvalue weighted by atomic mass is 10.2. The van der Waals surface area contributed by atoms with E-state index in [1.165, 1.54) is 24.3 Å². The van der Waals surface area contributed by atoms with Crippen molar-refractivity contribution in [3.63, 3.8) is 0 Å². The minimum absolute atomic E-state index is 0.0943. The number of benzene rings is 2. The van der Waals surface area contributed by atoms with Crippen LogP contribution >= 0.6 is 11.8 Å². The molecule has 2 aromatic rings. The first-order valence-electron chi connectivity index (χ1n) is 9.56. The van der Waals surface area contributed by atoms with E-state index < -0.39 is 35.5 Å². The molecule has 1 saturated heterocycles. The number of hydrogen-bond donors (Lipinski definition) is 2. The van der Waals surface area contributed by atoms with E-state index in [0.717, 1.165) is 11.0 Å². The SMILES string of the molecule is CCOC(=O)c1ccc(NC(=O)/C=C2\SC(=O)N(CC(=O)Nc3ccccc3)C2=O)cc1. The molecule has 0 saturated carbocycles. The lowest BCUT2D eigenvalue weighted by Crippen LogP contribution is -2.36. The van der Waals surface area contributed by atoms with Gasteiger partial charge in [0.2, 0.25) is 11.8 Å². The summed E-state index contributed by atoms with van der Waals surface area (Å²) in [6, 6.07) is 14.6. The molecule has 0 radical (unpaired) electrons. The molecule has 0 aromatic heterocycles. The highest BCUT2D eigenvalue weighted by Gasteiger charge is 2.36. The second-order valence-corrected chi connectivity index (χ2v) is 7.46. The van der Waals surface area contributed by atoms with Crippen LogP contribution in [0.1, 0.15) is 17.3 Å². The summed E-state index contributed by atoms with van der Waals surface area (Å²) in [7, 11) is 0. The molecular formula is C22H19N3O6S. The van der Waals surface area contributed by atoms with Gasteiger partial charge in [-0.05, 0) is 55.1 Å². The van der Waals surface area contributed by atoms with E-state index in [1.54, 1.807) is 37.3 Å². The second-order valence-electron chi connectivity index (χ2n) is 6.47. The highest BCUT2D eigenvalue weighted by Crippen LogP contribution is 2.30. The predicted molar refractivity (Wildman–Crippen MR) is 119 cm³/mol. The summed E-state index contributed by atoms with van der Waals surface area (Å²) in [6.07, 6.45) is 0.999. The summed E-state index contributed by atoms with van der Waals surface area (Å²) in [5.74, 6) is -2.37. The Hall–Kier alpha value is -3.92. The van der Waals surface area contributed by atoms with Gasteiger partial charge in [0.15, 0.2) is 0 Å². The van der Waals surface area contributed by atoms with E-state index >= 15 is 0 Å². The predicted octanol–water partition coefficient (Wildman–Crippen LogP) is 3.02. The van der Waals surface area contributed by atoms with Gasteiger partial charge in [0, 0.05) is 17.5 Å². The molecule has 164 valence electrons. The molecule has 0 atom stereocenters. The van der Waals surface area contributed by atoms with Crippen molar-refractivity contribution < 1.29 is 28.7 Å². The second kappa shape index (κ2) is 10.4. The zero-order valence-corrected chi connectivity index (χ0v) is 17.8. The van der Waals surface area contributed by atoms with E-state index in [-0.39, 0.29) is 11.5 Å². The maximum absolute atomic E-state index is 12.5. The Morgan fingerprint density at radius 3 is 2.28 bits per heavy atom. The van der Waals surface area contributed by atoms with E-state index in [1.807, 2.05) is 0 Å². The van der Waals surface area contributed by atoms with E-state index in [9.17, 15) is 24.0 Å². The number of amides is 4. The largest absolute Gasteiger partial charge is 0.462 e. The molecule has 32 heavy (non-hydrogen) atoms. The number of imide groups is 1. The fraction of sp³-hybridized carbons (Fsp3) is 0.136. The van der Waals surface area contributed by atoms with Gasteiger partial charge in [-0.15, -0.1) is 0 Å². The summed E-state index contributed by atoms with van der Waals surface area (Å²) in [6.45, 7) is 1.48. The van der Waals surface area contributed by atoms with Crippen LogP contribution in [0.2, 0.25) is 0 Å². The molecule has 0 aliphatic carbocycles. The van der Waals surface area contributed by atoms with Crippen LogP contribution in [0.4, 0.5) is 16.2 Å². The van der Waals surface area contributed by atoms with E-state index in [2.05, 4.69) is 10.6 Å². The van der Waals surface area contributed by atoms with Crippen LogP contribution in [0.25, 0.3) is 0 Å². The molecule has 4 amide bonds. The first kappa shape index (κ1) is 22.8. The normalized spacial score (nSPS) is 14.4. The number of thioether (sulfide) groups is 1. The average Bonchev–Trinajstić information content (AvgIpc) is 3.02. The number of nitrogens with zero attached hydrogens (tertiary/aromatic N) is 1. The number of esters is 1. The first-order valence-corrected chi connectivity index (χ1v) is 10.4. The summed E-state index contributed by atoms with van der Waals surface area (Å²) in [5, 5.41) is 4.50. The Labute approximate surface area is 187 Å². The van der Waals surface area contributed by atoms with Gasteiger partial charge in [-0.2, -0.15) is 0 Å². The molecule has 0 spiro atoms. The van der Waals surface area contributed by atoms with Crippen molar-refractivity contribution in [1.29, 1.82) is 0 Å². The highest BCUT2D eigenvalue weighted by molar-refractivity contribution is 8.18. The van der Waals surface area contributed by atoms with Crippen molar-refractivity contribution in [1.82, 2.24) is 4.90 Å². The first-order chi connectivity index (χ1) is 15.4. The molecule has 1 aliphatic rings. The molecule has 9 nitrogen and oxygen atoms in total. The van der Waals surface area contributed by atoms with Gasteiger partial charge in [0.25, 0.3) is 11.1 Å². The van der Waals surface area contributed by atoms with Gasteiger partial charge in [0.1, 0.15) is 6.54 Å². The van der Waals surface area contributed by atoms with Crippen LogP contribution in [0.3, 0.4) is 0 Å². The molecule has 1 fully saturated rings. The lowest BCUT2D eigenvalue weighted by molar-refractivity contribution is -0.127. The number of carbonyl (C=O) groups is 5. The Balaban J connectivity index is 1.59. The Morgan fingerprint density at radius 1 is 0.969 bits per heavy atom. The zero-order valence-electron chi connectivity index (χ0n) is 17.0. The van der Waals surface area contributed by atoms with Gasteiger partial charge in [-0.3, -0.25) is 24.1 Å². The molecular weight excluding hydrogens is 434 g/mol. The molecule has 2 N–H and O–H groups in total. The lowest BCUT2D eigenvalue weighted by Gasteiger charge is -2.12. The summed E-state index contributed by atoms with van der Waals surface area (Å²) >= 11 is 0.577. The summed E-state index contributed by atoms with van der Waals surface area (Å²) in [5.41, 5.74) is 1.26. The van der Waals surface area contributed by atoms with E-state index in [4.69, 9.17) is 4.74 Å². The van der Waals surface area contributed by atoms with Crippen LogP contribution in [-0.2, 0) is 19.1 Å². The monoisotopic (exact) mass is 453 g/mol. The van der Waals surface area contributed by atoms with E-state index in [0.29, 0.717) is 28.7 Å². The quantitative estimate of drug-likeness (QED) is 0.488. The van der Waals surface area contributed by atoms with Crippen LogP contribution in [-0.4, -0.2) is 47.0 Å². The standard InChI is InChI=1S/C22H19N3O6S/c1-2-31-21(29)14-8-10-16(11-9-14)23-18(26)12-17-20(28)25(22(30)32-17)13-19(27)24-15-6-4-3-5-7-15/h3-12H,2,13H2,1H3,(H,23,26)(H,24,27)/b17-12-. The number of carbonyl (C=O) groups excluding carboxylic acids is 5. The Kier molecular flexibility index (Phi) is 7.40. The number of para-hydroxylation sites is 1. The number of nitrogens with one attached hydrogen (secondary N) is 2. The molecule has 10 heteroatoms. The third kappa shape index (κ3) is 5.82. The van der Waals surface area contributed by atoms with Crippen molar-refractivity contribution in [2.45, 2.75) is 6.92 Å². The molecule has 2 aromatic carbocycles. The van der Waals surface area contributed by atoms with Gasteiger partial charge in [-0.25, -0.2) is 4.79 Å². The topological polar surface area (TPSA) is 122 Å².